The molecular formula is C8H9N5O2. The minimum absolute atomic E-state index is 0.393. The van der Waals surface area contributed by atoms with E-state index >= 15 is 0 Å². The zero-order valence-corrected chi connectivity index (χ0v) is 8.28. The monoisotopic (exact) mass is 207 g/mol. The Balaban J connectivity index is 2.50. The Bertz CT molecular complexity index is 493. The van der Waals surface area contributed by atoms with Gasteiger partial charge in [-0.3, -0.25) is 0 Å². The van der Waals surface area contributed by atoms with Crippen molar-refractivity contribution in [3.05, 3.63) is 34.3 Å². The Kier molecular flexibility index (Phi) is 2.00. The van der Waals surface area contributed by atoms with Gasteiger partial charge in [0, 0.05) is 18.3 Å². The molecule has 0 aliphatic rings. The van der Waals surface area contributed by atoms with Gasteiger partial charge in [0.15, 0.2) is 5.82 Å². The van der Waals surface area contributed by atoms with Gasteiger partial charge >= 0.3 is 5.95 Å². The lowest BCUT2D eigenvalue weighted by atomic mass is 10.4. The summed E-state index contributed by atoms with van der Waals surface area (Å²) in [6, 6.07) is 1.91. The first-order valence-electron chi connectivity index (χ1n) is 4.28. The first kappa shape index (κ1) is 9.38. The van der Waals surface area contributed by atoms with Crippen molar-refractivity contribution < 1.29 is 4.92 Å². The number of nitrogens with zero attached hydrogens (tertiary/aromatic N) is 5. The molecule has 0 saturated heterocycles. The van der Waals surface area contributed by atoms with Gasteiger partial charge in [0.1, 0.15) is 0 Å². The summed E-state index contributed by atoms with van der Waals surface area (Å²) in [7, 11) is 1.84. The molecule has 0 aliphatic heterocycles. The normalized spacial score (nSPS) is 10.5. The quantitative estimate of drug-likeness (QED) is 0.539. The molecule has 0 bridgehead atoms. The van der Waals surface area contributed by atoms with Crippen LogP contribution in [0.5, 0.6) is 0 Å². The van der Waals surface area contributed by atoms with Crippen molar-refractivity contribution >= 4 is 5.95 Å². The standard InChI is InChI=1S/C8H9N5O2/c1-6-3-4-11(2)7(6)12-5-9-8(10-12)13(14)15/h3-5H,1-2H3. The molecule has 7 nitrogen and oxygen atoms in total. The van der Waals surface area contributed by atoms with Gasteiger partial charge in [0.2, 0.25) is 6.33 Å². The molecule has 0 amide bonds. The Morgan fingerprint density at radius 1 is 1.53 bits per heavy atom. The average Bonchev–Trinajstić information content (AvgIpc) is 2.73. The topological polar surface area (TPSA) is 78.8 Å². The van der Waals surface area contributed by atoms with E-state index in [2.05, 4.69) is 10.1 Å². The van der Waals surface area contributed by atoms with E-state index < -0.39 is 10.9 Å². The third-order valence-electron chi connectivity index (χ3n) is 2.09. The Morgan fingerprint density at radius 2 is 2.27 bits per heavy atom. The fourth-order valence-corrected chi connectivity index (χ4v) is 1.43. The molecule has 0 aromatic carbocycles. The number of nitro groups is 1. The van der Waals surface area contributed by atoms with E-state index in [1.807, 2.05) is 30.8 Å². The maximum atomic E-state index is 10.4. The van der Waals surface area contributed by atoms with Gasteiger partial charge in [-0.2, -0.15) is 0 Å². The second kappa shape index (κ2) is 3.19. The van der Waals surface area contributed by atoms with Crippen molar-refractivity contribution in [3.63, 3.8) is 0 Å². The van der Waals surface area contributed by atoms with Gasteiger partial charge in [-0.25, -0.2) is 0 Å². The predicted molar refractivity (Wildman–Crippen MR) is 51.7 cm³/mol. The van der Waals surface area contributed by atoms with Crippen LogP contribution in [0.4, 0.5) is 5.95 Å². The fraction of sp³-hybridized carbons (Fsp3) is 0.250. The summed E-state index contributed by atoms with van der Waals surface area (Å²) < 4.78 is 3.22. The minimum Gasteiger partial charge on any atom is -0.390 e. The summed E-state index contributed by atoms with van der Waals surface area (Å²) in [6.45, 7) is 1.91. The first-order valence-corrected chi connectivity index (χ1v) is 4.28. The van der Waals surface area contributed by atoms with E-state index in [1.165, 1.54) is 11.0 Å². The number of hydrogen-bond donors (Lipinski definition) is 0. The summed E-state index contributed by atoms with van der Waals surface area (Å²) in [6.07, 6.45) is 3.19. The first-order chi connectivity index (χ1) is 7.09. The molecule has 2 rings (SSSR count). The van der Waals surface area contributed by atoms with Crippen LogP contribution in [0.2, 0.25) is 0 Å². The summed E-state index contributed by atoms with van der Waals surface area (Å²) in [5.41, 5.74) is 0.984. The fourth-order valence-electron chi connectivity index (χ4n) is 1.43. The molecule has 0 unspecified atom stereocenters. The summed E-state index contributed by atoms with van der Waals surface area (Å²) in [5, 5.41) is 14.2. The highest BCUT2D eigenvalue weighted by molar-refractivity contribution is 5.34. The second-order valence-corrected chi connectivity index (χ2v) is 3.18. The van der Waals surface area contributed by atoms with E-state index in [4.69, 9.17) is 0 Å². The molecule has 2 aromatic heterocycles. The van der Waals surface area contributed by atoms with Gasteiger partial charge in [-0.1, -0.05) is 4.98 Å². The third-order valence-corrected chi connectivity index (χ3v) is 2.09. The van der Waals surface area contributed by atoms with Crippen molar-refractivity contribution in [3.8, 4) is 5.82 Å². The van der Waals surface area contributed by atoms with Gasteiger partial charge in [0.25, 0.3) is 0 Å². The summed E-state index contributed by atoms with van der Waals surface area (Å²) >= 11 is 0. The van der Waals surface area contributed by atoms with Gasteiger partial charge in [-0.05, 0) is 23.5 Å². The zero-order valence-electron chi connectivity index (χ0n) is 8.28. The predicted octanol–water partition coefficient (Wildman–Crippen LogP) is 0.822. The highest BCUT2D eigenvalue weighted by Gasteiger charge is 2.17. The maximum Gasteiger partial charge on any atom is 0.491 e. The zero-order chi connectivity index (χ0) is 11.0. The number of hydrogen-bond acceptors (Lipinski definition) is 4. The Hall–Kier alpha value is -2.18. The average molecular weight is 207 g/mol. The number of aromatic nitrogens is 4. The Labute approximate surface area is 85.1 Å². The van der Waals surface area contributed by atoms with Crippen LogP contribution in [-0.2, 0) is 7.05 Å². The molecular weight excluding hydrogens is 198 g/mol. The van der Waals surface area contributed by atoms with Crippen LogP contribution in [0.25, 0.3) is 5.82 Å². The molecule has 0 N–H and O–H groups in total. The third kappa shape index (κ3) is 1.47. The van der Waals surface area contributed by atoms with E-state index in [-0.39, 0.29) is 0 Å². The van der Waals surface area contributed by atoms with Gasteiger partial charge in [-0.15, -0.1) is 4.68 Å². The second-order valence-electron chi connectivity index (χ2n) is 3.18. The van der Waals surface area contributed by atoms with Crippen LogP contribution in [0, 0.1) is 17.0 Å². The van der Waals surface area contributed by atoms with E-state index in [1.54, 1.807) is 0 Å². The van der Waals surface area contributed by atoms with Crippen LogP contribution in [0.15, 0.2) is 18.6 Å². The van der Waals surface area contributed by atoms with Crippen molar-refractivity contribution in [2.24, 2.45) is 7.05 Å². The molecule has 15 heavy (non-hydrogen) atoms. The SMILES string of the molecule is Cc1ccn(C)c1-n1cnc([N+](=O)[O-])n1. The van der Waals surface area contributed by atoms with Crippen LogP contribution in [0.3, 0.4) is 0 Å². The van der Waals surface area contributed by atoms with E-state index in [0.29, 0.717) is 0 Å². The largest absolute Gasteiger partial charge is 0.491 e. The molecule has 0 atom stereocenters. The molecule has 0 spiro atoms. The van der Waals surface area contributed by atoms with E-state index in [9.17, 15) is 10.1 Å². The number of rotatable bonds is 2. The van der Waals surface area contributed by atoms with Crippen LogP contribution in [0.1, 0.15) is 5.56 Å². The van der Waals surface area contributed by atoms with Gasteiger partial charge in [0.05, 0.1) is 0 Å². The molecule has 0 radical (unpaired) electrons. The lowest BCUT2D eigenvalue weighted by molar-refractivity contribution is -0.394. The van der Waals surface area contributed by atoms with Crippen molar-refractivity contribution in [1.82, 2.24) is 19.3 Å². The van der Waals surface area contributed by atoms with Crippen LogP contribution in [-0.4, -0.2) is 24.3 Å². The van der Waals surface area contributed by atoms with Crippen molar-refractivity contribution in [2.45, 2.75) is 6.92 Å². The molecule has 0 aliphatic carbocycles. The maximum absolute atomic E-state index is 10.4. The van der Waals surface area contributed by atoms with E-state index in [0.717, 1.165) is 11.4 Å². The smallest absolute Gasteiger partial charge is 0.390 e. The lowest BCUT2D eigenvalue weighted by Crippen LogP contribution is -2.03. The Morgan fingerprint density at radius 3 is 2.73 bits per heavy atom. The molecule has 2 heterocycles. The molecule has 7 heteroatoms. The summed E-state index contributed by atoms with van der Waals surface area (Å²) in [5.74, 6) is 0.381. The molecule has 2 aromatic rings. The molecule has 78 valence electrons. The number of aryl methyl sites for hydroxylation is 2. The van der Waals surface area contributed by atoms with Gasteiger partial charge < -0.3 is 14.7 Å². The highest BCUT2D eigenvalue weighted by atomic mass is 16.6. The van der Waals surface area contributed by atoms with Crippen molar-refractivity contribution in [1.29, 1.82) is 0 Å². The van der Waals surface area contributed by atoms with Crippen LogP contribution >= 0.6 is 0 Å². The molecule has 0 saturated carbocycles. The van der Waals surface area contributed by atoms with Crippen LogP contribution < -0.4 is 0 Å². The molecule has 0 fully saturated rings. The summed E-state index contributed by atoms with van der Waals surface area (Å²) in [4.78, 5) is 13.4. The highest BCUT2D eigenvalue weighted by Crippen LogP contribution is 2.14. The van der Waals surface area contributed by atoms with Crippen molar-refractivity contribution in [2.75, 3.05) is 0 Å². The minimum atomic E-state index is -0.616. The lowest BCUT2D eigenvalue weighted by Gasteiger charge is -1.99.